The first-order chi connectivity index (χ1) is 10.2. The summed E-state index contributed by atoms with van der Waals surface area (Å²) in [4.78, 5) is 0. The van der Waals surface area contributed by atoms with Crippen molar-refractivity contribution < 1.29 is 0 Å². The normalized spacial score (nSPS) is 17.8. The van der Waals surface area contributed by atoms with Gasteiger partial charge in [0.15, 0.2) is 0 Å². The predicted molar refractivity (Wildman–Crippen MR) is 90.1 cm³/mol. The van der Waals surface area contributed by atoms with Gasteiger partial charge in [0.25, 0.3) is 0 Å². The molecule has 0 bridgehead atoms. The summed E-state index contributed by atoms with van der Waals surface area (Å²) in [6.45, 7) is 4.35. The van der Waals surface area contributed by atoms with Gasteiger partial charge in [0, 0.05) is 11.1 Å². The highest BCUT2D eigenvalue weighted by Gasteiger charge is 2.18. The summed E-state index contributed by atoms with van der Waals surface area (Å²) < 4.78 is 9.12. The summed E-state index contributed by atoms with van der Waals surface area (Å²) >= 11 is 1.31. The van der Waals surface area contributed by atoms with E-state index in [1.165, 1.54) is 45.1 Å². The average molecular weight is 292 g/mol. The number of hydrogen-bond acceptors (Lipinski definition) is 3. The molecule has 0 aliphatic heterocycles. The van der Waals surface area contributed by atoms with Gasteiger partial charge in [-0.1, -0.05) is 47.6 Å². The van der Waals surface area contributed by atoms with Crippen molar-refractivity contribution in [3.8, 4) is 0 Å². The summed E-state index contributed by atoms with van der Waals surface area (Å²) in [5.74, 6) is 0. The lowest BCUT2D eigenvalue weighted by Crippen LogP contribution is -1.91. The van der Waals surface area contributed by atoms with Gasteiger partial charge in [-0.15, -0.1) is 0 Å². The van der Waals surface area contributed by atoms with E-state index in [4.69, 9.17) is 0 Å². The molecule has 0 radical (unpaired) electrons. The smallest absolute Gasteiger partial charge is 0.112 e. The van der Waals surface area contributed by atoms with E-state index in [2.05, 4.69) is 59.0 Å². The van der Waals surface area contributed by atoms with E-state index >= 15 is 0 Å². The summed E-state index contributed by atoms with van der Waals surface area (Å²) in [5, 5.41) is 0. The molecule has 0 saturated carbocycles. The molecule has 0 spiro atoms. The molecule has 104 valence electrons. The van der Waals surface area contributed by atoms with Crippen LogP contribution in [0, 0.1) is 0 Å². The molecule has 3 heteroatoms. The fourth-order valence-corrected chi connectivity index (χ4v) is 3.65. The Labute approximate surface area is 128 Å². The Morgan fingerprint density at radius 3 is 1.62 bits per heavy atom. The Hall–Kier alpha value is -2.00. The first kappa shape index (κ1) is 12.7. The van der Waals surface area contributed by atoms with E-state index in [9.17, 15) is 0 Å². The molecule has 0 atom stereocenters. The zero-order valence-electron chi connectivity index (χ0n) is 12.2. The molecule has 4 rings (SSSR count). The largest absolute Gasteiger partial charge is 0.172 e. The number of fused-ring (bicyclic) bond motifs is 1. The maximum absolute atomic E-state index is 4.56. The Morgan fingerprint density at radius 1 is 0.762 bits per heavy atom. The Bertz CT molecular complexity index is 792. The molecule has 0 fully saturated rings. The predicted octanol–water partition coefficient (Wildman–Crippen LogP) is 5.16. The van der Waals surface area contributed by atoms with Crippen LogP contribution < -0.4 is 0 Å². The van der Waals surface area contributed by atoms with Gasteiger partial charge in [0.1, 0.15) is 11.0 Å². The third kappa shape index (κ3) is 2.09. The van der Waals surface area contributed by atoms with Crippen LogP contribution in [0.4, 0.5) is 0 Å². The minimum Gasteiger partial charge on any atom is -0.172 e. The van der Waals surface area contributed by atoms with Crippen LogP contribution >= 0.6 is 11.7 Å². The van der Waals surface area contributed by atoms with Crippen molar-refractivity contribution in [3.63, 3.8) is 0 Å². The van der Waals surface area contributed by atoms with E-state index in [1.54, 1.807) is 0 Å². The second-order valence-corrected chi connectivity index (χ2v) is 6.41. The van der Waals surface area contributed by atoms with Gasteiger partial charge in [-0.25, -0.2) is 0 Å². The lowest BCUT2D eigenvalue weighted by molar-refractivity contribution is 1.26. The molecule has 21 heavy (non-hydrogen) atoms. The third-order valence-corrected chi connectivity index (χ3v) is 4.71. The van der Waals surface area contributed by atoms with Crippen LogP contribution in [-0.2, 0) is 0 Å². The Kier molecular flexibility index (Phi) is 2.89. The van der Waals surface area contributed by atoms with Crippen LogP contribution in [0.2, 0.25) is 0 Å². The van der Waals surface area contributed by atoms with E-state index < -0.39 is 0 Å². The molecule has 2 aliphatic rings. The van der Waals surface area contributed by atoms with Crippen molar-refractivity contribution in [1.82, 2.24) is 8.75 Å². The maximum Gasteiger partial charge on any atom is 0.112 e. The highest BCUT2D eigenvalue weighted by atomic mass is 32.1. The first-order valence-corrected chi connectivity index (χ1v) is 7.94. The quantitative estimate of drug-likeness (QED) is 0.764. The van der Waals surface area contributed by atoms with Gasteiger partial charge in [-0.05, 0) is 37.8 Å². The lowest BCUT2D eigenvalue weighted by atomic mass is 9.95. The van der Waals surface area contributed by atoms with Gasteiger partial charge < -0.3 is 0 Å². The fourth-order valence-electron chi connectivity index (χ4n) is 3.08. The lowest BCUT2D eigenvalue weighted by Gasteiger charge is -2.09. The summed E-state index contributed by atoms with van der Waals surface area (Å²) in [7, 11) is 0. The first-order valence-electron chi connectivity index (χ1n) is 7.21. The summed E-state index contributed by atoms with van der Waals surface area (Å²) in [5.41, 5.74) is 10.1. The van der Waals surface area contributed by atoms with E-state index in [0.29, 0.717) is 0 Å². The van der Waals surface area contributed by atoms with Crippen LogP contribution in [0.25, 0.3) is 22.2 Å². The summed E-state index contributed by atoms with van der Waals surface area (Å²) in [6.07, 6.45) is 10.9. The van der Waals surface area contributed by atoms with Crippen LogP contribution in [0.15, 0.2) is 47.6 Å². The number of rotatable bonds is 2. The minimum atomic E-state index is 1.02. The molecule has 1 aromatic heterocycles. The highest BCUT2D eigenvalue weighted by molar-refractivity contribution is 7.00. The maximum atomic E-state index is 4.56. The molecule has 0 amide bonds. The van der Waals surface area contributed by atoms with Gasteiger partial charge in [-0.2, -0.15) is 8.75 Å². The second-order valence-electron chi connectivity index (χ2n) is 5.89. The van der Waals surface area contributed by atoms with E-state index in [0.717, 1.165) is 23.9 Å². The zero-order chi connectivity index (χ0) is 14.4. The Balaban J connectivity index is 1.82. The van der Waals surface area contributed by atoms with Crippen LogP contribution in [0.1, 0.15) is 37.8 Å². The van der Waals surface area contributed by atoms with Crippen molar-refractivity contribution in [2.75, 3.05) is 0 Å². The van der Waals surface area contributed by atoms with Crippen molar-refractivity contribution in [1.29, 1.82) is 0 Å². The molecule has 2 aromatic rings. The third-order valence-electron chi connectivity index (χ3n) is 4.18. The molecular weight excluding hydrogens is 276 g/mol. The average Bonchev–Trinajstić information content (AvgIpc) is 3.18. The monoisotopic (exact) mass is 292 g/mol. The van der Waals surface area contributed by atoms with Crippen LogP contribution in [0.5, 0.6) is 0 Å². The standard InChI is InChI=1S/C18H16N2S/c1-11-3-5-13(9-11)15-7-8-16(14-6-4-12(2)10-14)18-17(15)19-21-20-18/h3-8H,9-10H2,1-2H3. The van der Waals surface area contributed by atoms with E-state index in [1.807, 2.05) is 0 Å². The van der Waals surface area contributed by atoms with Crippen molar-refractivity contribution >= 4 is 33.9 Å². The molecular formula is C18H16N2S. The molecule has 0 unspecified atom stereocenters. The number of nitrogens with zero attached hydrogens (tertiary/aromatic N) is 2. The topological polar surface area (TPSA) is 25.8 Å². The van der Waals surface area contributed by atoms with Gasteiger partial charge in [0.2, 0.25) is 0 Å². The minimum absolute atomic E-state index is 1.02. The highest BCUT2D eigenvalue weighted by Crippen LogP contribution is 2.37. The molecule has 0 saturated heterocycles. The number of allylic oxidation sites excluding steroid dienone is 8. The molecule has 1 aromatic carbocycles. The summed E-state index contributed by atoms with van der Waals surface area (Å²) in [6, 6.07) is 4.43. The van der Waals surface area contributed by atoms with Crippen molar-refractivity contribution in [2.24, 2.45) is 0 Å². The molecule has 2 nitrogen and oxygen atoms in total. The van der Waals surface area contributed by atoms with Gasteiger partial charge in [0.05, 0.1) is 11.7 Å². The number of aromatic nitrogens is 2. The van der Waals surface area contributed by atoms with Crippen LogP contribution in [-0.4, -0.2) is 8.75 Å². The van der Waals surface area contributed by atoms with E-state index in [-0.39, 0.29) is 0 Å². The van der Waals surface area contributed by atoms with Gasteiger partial charge >= 0.3 is 0 Å². The fraction of sp³-hybridized carbons (Fsp3) is 0.222. The number of hydrogen-bond donors (Lipinski definition) is 0. The molecule has 1 heterocycles. The van der Waals surface area contributed by atoms with Crippen LogP contribution in [0.3, 0.4) is 0 Å². The second kappa shape index (κ2) is 4.78. The van der Waals surface area contributed by atoms with Crippen molar-refractivity contribution in [3.05, 3.63) is 58.7 Å². The van der Waals surface area contributed by atoms with Gasteiger partial charge in [-0.3, -0.25) is 0 Å². The molecule has 0 N–H and O–H groups in total. The molecule has 2 aliphatic carbocycles. The Morgan fingerprint density at radius 2 is 1.24 bits per heavy atom. The van der Waals surface area contributed by atoms with Crippen molar-refractivity contribution in [2.45, 2.75) is 26.7 Å². The number of benzene rings is 1. The zero-order valence-corrected chi connectivity index (χ0v) is 13.0. The SMILES string of the molecule is CC1=CC=C(c2ccc(C3=CC=C(C)C3)c3nsnc23)C1.